The molecule has 0 bridgehead atoms. The van der Waals surface area contributed by atoms with Crippen LogP contribution in [-0.4, -0.2) is 11.8 Å². The van der Waals surface area contributed by atoms with E-state index in [9.17, 15) is 4.79 Å². The summed E-state index contributed by atoms with van der Waals surface area (Å²) in [7, 11) is 0. The van der Waals surface area contributed by atoms with Crippen molar-refractivity contribution in [3.05, 3.63) is 28.8 Å². The zero-order valence-corrected chi connectivity index (χ0v) is 10.6. The van der Waals surface area contributed by atoms with E-state index in [0.717, 1.165) is 21.8 Å². The Morgan fingerprint density at radius 2 is 2.13 bits per heavy atom. The van der Waals surface area contributed by atoms with Crippen LogP contribution in [0.5, 0.6) is 0 Å². The number of nitrogens with one attached hydrogen (secondary N) is 1. The van der Waals surface area contributed by atoms with E-state index in [0.29, 0.717) is 0 Å². The van der Waals surface area contributed by atoms with E-state index in [1.165, 1.54) is 11.9 Å². The summed E-state index contributed by atoms with van der Waals surface area (Å²) in [5.74, 6) is 0. The molecule has 1 N–H and O–H groups in total. The minimum Gasteiger partial charge on any atom is -0.301 e. The normalized spacial score (nSPS) is 11.5. The molecule has 0 heterocycles. The summed E-state index contributed by atoms with van der Waals surface area (Å²) in [5.41, 5.74) is 0.526. The molecule has 0 aliphatic rings. The van der Waals surface area contributed by atoms with Gasteiger partial charge in [-0.1, -0.05) is 17.7 Å². The molecule has 0 saturated heterocycles. The molecule has 0 fully saturated rings. The average molecular weight is 244 g/mol. The van der Waals surface area contributed by atoms with Gasteiger partial charge in [-0.3, -0.25) is 0 Å². The van der Waals surface area contributed by atoms with Crippen LogP contribution in [0.2, 0.25) is 5.02 Å². The van der Waals surface area contributed by atoms with E-state index in [2.05, 4.69) is 4.72 Å². The first-order chi connectivity index (χ1) is 6.94. The Kier molecular flexibility index (Phi) is 4.20. The fourth-order valence-electron chi connectivity index (χ4n) is 0.852. The first-order valence-corrected chi connectivity index (χ1v) is 5.80. The van der Waals surface area contributed by atoms with Gasteiger partial charge in [0.25, 0.3) is 0 Å². The summed E-state index contributed by atoms with van der Waals surface area (Å²) < 4.78 is 3.06. The lowest BCUT2D eigenvalue weighted by molar-refractivity contribution is -0.111. The van der Waals surface area contributed by atoms with Gasteiger partial charge in [-0.25, -0.2) is 4.72 Å². The van der Waals surface area contributed by atoms with Crippen LogP contribution in [0.4, 0.5) is 0 Å². The number of halogens is 1. The number of aldehydes is 1. The molecule has 15 heavy (non-hydrogen) atoms. The third kappa shape index (κ3) is 3.86. The maximum absolute atomic E-state index is 10.7. The Bertz CT molecular complexity index is 366. The summed E-state index contributed by atoms with van der Waals surface area (Å²) in [4.78, 5) is 11.7. The highest BCUT2D eigenvalue weighted by molar-refractivity contribution is 7.97. The van der Waals surface area contributed by atoms with Gasteiger partial charge < -0.3 is 4.79 Å². The molecule has 0 amide bonds. The summed E-state index contributed by atoms with van der Waals surface area (Å²) in [5, 5.41) is 0.741. The largest absolute Gasteiger partial charge is 0.301 e. The first kappa shape index (κ1) is 12.6. The maximum atomic E-state index is 10.7. The van der Waals surface area contributed by atoms with Crippen LogP contribution in [0.15, 0.2) is 23.1 Å². The number of rotatable bonds is 4. The maximum Gasteiger partial charge on any atom is 0.140 e. The van der Waals surface area contributed by atoms with Crippen LogP contribution in [-0.2, 0) is 4.79 Å². The quantitative estimate of drug-likeness (QED) is 0.650. The Morgan fingerprint density at radius 3 is 2.67 bits per heavy atom. The minimum atomic E-state index is -0.526. The molecule has 0 atom stereocenters. The zero-order valence-electron chi connectivity index (χ0n) is 9.00. The van der Waals surface area contributed by atoms with E-state index >= 15 is 0 Å². The Balaban J connectivity index is 2.66. The topological polar surface area (TPSA) is 29.1 Å². The molecule has 1 rings (SSSR count). The third-order valence-electron chi connectivity index (χ3n) is 1.87. The molecular weight excluding hydrogens is 230 g/mol. The van der Waals surface area contributed by atoms with E-state index in [4.69, 9.17) is 11.6 Å². The molecular formula is C11H14ClNOS. The lowest BCUT2D eigenvalue weighted by Crippen LogP contribution is -2.35. The van der Waals surface area contributed by atoms with Gasteiger partial charge in [0.1, 0.15) is 6.29 Å². The van der Waals surface area contributed by atoms with E-state index in [1.807, 2.05) is 39.0 Å². The average Bonchev–Trinajstić information content (AvgIpc) is 2.20. The van der Waals surface area contributed by atoms with Crippen molar-refractivity contribution in [3.63, 3.8) is 0 Å². The number of aryl methyl sites for hydroxylation is 1. The lowest BCUT2D eigenvalue weighted by atomic mass is 10.1. The lowest BCUT2D eigenvalue weighted by Gasteiger charge is -2.17. The van der Waals surface area contributed by atoms with Crippen LogP contribution in [0.25, 0.3) is 0 Å². The molecule has 2 nitrogen and oxygen atoms in total. The second kappa shape index (κ2) is 5.01. The standard InChI is InChI=1S/C11H14ClNOS/c1-8-4-5-9(6-10(8)12)15-13-11(2,3)7-14/h4-7,13H,1-3H3. The molecule has 82 valence electrons. The molecule has 0 aromatic heterocycles. The molecule has 1 aromatic rings. The minimum absolute atomic E-state index is 0.526. The number of benzene rings is 1. The van der Waals surface area contributed by atoms with Crippen LogP contribution in [0, 0.1) is 6.92 Å². The van der Waals surface area contributed by atoms with Crippen molar-refractivity contribution in [2.75, 3.05) is 0 Å². The predicted molar refractivity (Wildman–Crippen MR) is 65.3 cm³/mol. The van der Waals surface area contributed by atoms with Crippen molar-refractivity contribution in [1.82, 2.24) is 4.72 Å². The second-order valence-corrected chi connectivity index (χ2v) is 5.24. The van der Waals surface area contributed by atoms with Gasteiger partial charge in [-0.2, -0.15) is 0 Å². The molecule has 0 radical (unpaired) electrons. The Morgan fingerprint density at radius 1 is 1.47 bits per heavy atom. The number of carbonyl (C=O) groups excluding carboxylic acids is 1. The van der Waals surface area contributed by atoms with Gasteiger partial charge in [0.2, 0.25) is 0 Å². The van der Waals surface area contributed by atoms with Crippen LogP contribution in [0.1, 0.15) is 19.4 Å². The molecule has 0 unspecified atom stereocenters. The smallest absolute Gasteiger partial charge is 0.140 e. The first-order valence-electron chi connectivity index (χ1n) is 4.61. The van der Waals surface area contributed by atoms with Gasteiger partial charge in [0, 0.05) is 9.92 Å². The fraction of sp³-hybridized carbons (Fsp3) is 0.364. The number of hydrogen-bond donors (Lipinski definition) is 1. The van der Waals surface area contributed by atoms with Gasteiger partial charge in [-0.05, 0) is 50.4 Å². The Hall–Kier alpha value is -0.510. The van der Waals surface area contributed by atoms with Crippen LogP contribution < -0.4 is 4.72 Å². The highest BCUT2D eigenvalue weighted by atomic mass is 35.5. The number of carbonyl (C=O) groups is 1. The summed E-state index contributed by atoms with van der Waals surface area (Å²) in [6.45, 7) is 5.60. The number of hydrogen-bond acceptors (Lipinski definition) is 3. The molecule has 0 aliphatic carbocycles. The van der Waals surface area contributed by atoms with Crippen molar-refractivity contribution < 1.29 is 4.79 Å². The van der Waals surface area contributed by atoms with E-state index in [-0.39, 0.29) is 0 Å². The summed E-state index contributed by atoms with van der Waals surface area (Å²) in [6.07, 6.45) is 0.885. The predicted octanol–water partition coefficient (Wildman–Crippen LogP) is 3.22. The van der Waals surface area contributed by atoms with E-state index < -0.39 is 5.54 Å². The highest BCUT2D eigenvalue weighted by Gasteiger charge is 2.15. The van der Waals surface area contributed by atoms with Crippen LogP contribution in [0.3, 0.4) is 0 Å². The van der Waals surface area contributed by atoms with Gasteiger partial charge in [-0.15, -0.1) is 0 Å². The van der Waals surface area contributed by atoms with Crippen molar-refractivity contribution >= 4 is 29.8 Å². The molecule has 0 aliphatic heterocycles. The summed E-state index contributed by atoms with van der Waals surface area (Å²) >= 11 is 7.40. The molecule has 0 spiro atoms. The van der Waals surface area contributed by atoms with Gasteiger partial charge in [0.15, 0.2) is 0 Å². The second-order valence-electron chi connectivity index (χ2n) is 3.95. The fourth-order valence-corrected chi connectivity index (χ4v) is 1.84. The van der Waals surface area contributed by atoms with Gasteiger partial charge in [0.05, 0.1) is 5.54 Å². The Labute approximate surface area is 99.5 Å². The summed E-state index contributed by atoms with van der Waals surface area (Å²) in [6, 6.07) is 5.81. The zero-order chi connectivity index (χ0) is 11.5. The van der Waals surface area contributed by atoms with Crippen molar-refractivity contribution in [1.29, 1.82) is 0 Å². The monoisotopic (exact) mass is 243 g/mol. The molecule has 1 aromatic carbocycles. The SMILES string of the molecule is Cc1ccc(SNC(C)(C)C=O)cc1Cl. The van der Waals surface area contributed by atoms with Crippen LogP contribution >= 0.6 is 23.5 Å². The third-order valence-corrected chi connectivity index (χ3v) is 3.39. The van der Waals surface area contributed by atoms with Gasteiger partial charge >= 0.3 is 0 Å². The molecule has 0 saturated carbocycles. The van der Waals surface area contributed by atoms with E-state index in [1.54, 1.807) is 0 Å². The van der Waals surface area contributed by atoms with Crippen molar-refractivity contribution in [2.24, 2.45) is 0 Å². The highest BCUT2D eigenvalue weighted by Crippen LogP contribution is 2.23. The molecule has 4 heteroatoms. The van der Waals surface area contributed by atoms with Crippen molar-refractivity contribution in [2.45, 2.75) is 31.2 Å². The van der Waals surface area contributed by atoms with Crippen molar-refractivity contribution in [3.8, 4) is 0 Å².